The Bertz CT molecular complexity index is 715. The lowest BCUT2D eigenvalue weighted by atomic mass is 10.0. The number of piperidine rings is 1. The molecule has 4 nitrogen and oxygen atoms in total. The molecular formula is C23H32N4. The first kappa shape index (κ1) is 19.6. The number of nitrogens with zero attached hydrogens (tertiary/aromatic N) is 2. The quantitative estimate of drug-likeness (QED) is 0.828. The molecule has 1 aromatic heterocycles. The predicted molar refractivity (Wildman–Crippen MR) is 116 cm³/mol. The van der Waals surface area contributed by atoms with Crippen LogP contribution in [0.5, 0.6) is 0 Å². The predicted octanol–water partition coefficient (Wildman–Crippen LogP) is 4.33. The van der Waals surface area contributed by atoms with E-state index in [0.29, 0.717) is 6.04 Å². The fourth-order valence-electron chi connectivity index (χ4n) is 3.72. The van der Waals surface area contributed by atoms with Gasteiger partial charge in [0.15, 0.2) is 0 Å². The first-order valence-electron chi connectivity index (χ1n) is 10.0. The molecule has 1 aromatic carbocycles. The molecule has 1 saturated carbocycles. The fourth-order valence-corrected chi connectivity index (χ4v) is 3.72. The average Bonchev–Trinajstić information content (AvgIpc) is 3.56. The van der Waals surface area contributed by atoms with Gasteiger partial charge in [-0.1, -0.05) is 24.8 Å². The lowest BCUT2D eigenvalue weighted by Gasteiger charge is -2.37. The second kappa shape index (κ2) is 9.67. The zero-order valence-electron chi connectivity index (χ0n) is 16.6. The first-order chi connectivity index (χ1) is 13.3. The highest BCUT2D eigenvalue weighted by Gasteiger charge is 2.31. The van der Waals surface area contributed by atoms with Gasteiger partial charge in [-0.25, -0.2) is 0 Å². The monoisotopic (exact) mass is 364 g/mol. The van der Waals surface area contributed by atoms with Crippen LogP contribution in [0.15, 0.2) is 49.3 Å². The van der Waals surface area contributed by atoms with Crippen LogP contribution in [0.3, 0.4) is 0 Å². The third-order valence-electron chi connectivity index (χ3n) is 5.19. The number of aromatic nitrogens is 1. The third kappa shape index (κ3) is 4.96. The highest BCUT2D eigenvalue weighted by atomic mass is 15.2. The standard InChI is InChI=1S/C21H25N3.C2H7N/c1-2-16-3-7-18(8-4-16)24(19-9-12-22-13-10-19)21-15-23-14-11-20(21)17-5-6-17;1-3-2/h2-4,7-8,11,14-15,17,19,22H,1,5-6,9-10,12-13H2;3H,1-2H3. The summed E-state index contributed by atoms with van der Waals surface area (Å²) in [6.07, 6.45) is 10.9. The van der Waals surface area contributed by atoms with Crippen LogP contribution in [0.1, 0.15) is 42.7 Å². The molecule has 0 bridgehead atoms. The van der Waals surface area contributed by atoms with Crippen molar-refractivity contribution < 1.29 is 0 Å². The lowest BCUT2D eigenvalue weighted by molar-refractivity contribution is 0.451. The van der Waals surface area contributed by atoms with Gasteiger partial charge in [0, 0.05) is 17.9 Å². The molecule has 0 unspecified atom stereocenters. The minimum atomic E-state index is 0.530. The molecule has 0 spiro atoms. The molecule has 0 amide bonds. The Hall–Kier alpha value is -2.17. The molecule has 1 aliphatic heterocycles. The molecule has 2 aromatic rings. The fraction of sp³-hybridized carbons (Fsp3) is 0.435. The number of pyridine rings is 1. The van der Waals surface area contributed by atoms with Gasteiger partial charge in [-0.3, -0.25) is 4.98 Å². The maximum atomic E-state index is 4.46. The molecule has 2 heterocycles. The summed E-state index contributed by atoms with van der Waals surface area (Å²) in [5, 5.41) is 6.23. The molecule has 2 fully saturated rings. The summed E-state index contributed by atoms with van der Waals surface area (Å²) < 4.78 is 0. The second-order valence-corrected chi connectivity index (χ2v) is 7.36. The van der Waals surface area contributed by atoms with Crippen molar-refractivity contribution in [3.8, 4) is 0 Å². The summed E-state index contributed by atoms with van der Waals surface area (Å²) in [4.78, 5) is 6.99. The number of anilines is 2. The summed E-state index contributed by atoms with van der Waals surface area (Å²) in [5.74, 6) is 0.722. The van der Waals surface area contributed by atoms with E-state index in [1.54, 1.807) is 0 Å². The van der Waals surface area contributed by atoms with Crippen molar-refractivity contribution in [2.75, 3.05) is 32.1 Å². The Kier molecular flexibility index (Phi) is 7.02. The van der Waals surface area contributed by atoms with E-state index in [0.717, 1.165) is 24.6 Å². The first-order valence-corrected chi connectivity index (χ1v) is 10.0. The number of nitrogens with one attached hydrogen (secondary N) is 2. The number of rotatable bonds is 5. The molecule has 27 heavy (non-hydrogen) atoms. The van der Waals surface area contributed by atoms with E-state index in [1.807, 2.05) is 26.4 Å². The van der Waals surface area contributed by atoms with Crippen molar-refractivity contribution in [3.05, 3.63) is 60.4 Å². The van der Waals surface area contributed by atoms with Crippen molar-refractivity contribution in [3.63, 3.8) is 0 Å². The van der Waals surface area contributed by atoms with Gasteiger partial charge < -0.3 is 15.5 Å². The summed E-state index contributed by atoms with van der Waals surface area (Å²) in [5.41, 5.74) is 5.20. The van der Waals surface area contributed by atoms with E-state index in [4.69, 9.17) is 0 Å². The molecule has 2 aliphatic rings. The van der Waals surface area contributed by atoms with Crippen LogP contribution in [0, 0.1) is 0 Å². The van der Waals surface area contributed by atoms with Gasteiger partial charge in [0.25, 0.3) is 0 Å². The van der Waals surface area contributed by atoms with Crippen molar-refractivity contribution in [2.45, 2.75) is 37.6 Å². The summed E-state index contributed by atoms with van der Waals surface area (Å²) in [7, 11) is 3.75. The van der Waals surface area contributed by atoms with Crippen LogP contribution >= 0.6 is 0 Å². The highest BCUT2D eigenvalue weighted by Crippen LogP contribution is 2.46. The van der Waals surface area contributed by atoms with Gasteiger partial charge >= 0.3 is 0 Å². The molecule has 4 rings (SSSR count). The molecule has 1 aliphatic carbocycles. The minimum absolute atomic E-state index is 0.530. The minimum Gasteiger partial charge on any atom is -0.337 e. The third-order valence-corrected chi connectivity index (χ3v) is 5.19. The van der Waals surface area contributed by atoms with Crippen LogP contribution in [-0.4, -0.2) is 38.2 Å². The lowest BCUT2D eigenvalue weighted by Crippen LogP contribution is -2.41. The largest absolute Gasteiger partial charge is 0.337 e. The van der Waals surface area contributed by atoms with E-state index in [2.05, 4.69) is 63.6 Å². The average molecular weight is 365 g/mol. The molecule has 4 heteroatoms. The summed E-state index contributed by atoms with van der Waals surface area (Å²) >= 11 is 0. The molecule has 144 valence electrons. The van der Waals surface area contributed by atoms with Gasteiger partial charge in [-0.2, -0.15) is 0 Å². The number of benzene rings is 1. The van der Waals surface area contributed by atoms with Crippen LogP contribution < -0.4 is 15.5 Å². The van der Waals surface area contributed by atoms with Crippen molar-refractivity contribution in [2.24, 2.45) is 0 Å². The van der Waals surface area contributed by atoms with E-state index in [-0.39, 0.29) is 0 Å². The zero-order chi connectivity index (χ0) is 19.1. The Morgan fingerprint density at radius 2 is 1.74 bits per heavy atom. The Balaban J connectivity index is 0.000000659. The van der Waals surface area contributed by atoms with Gasteiger partial charge in [0.1, 0.15) is 0 Å². The molecule has 0 atom stereocenters. The second-order valence-electron chi connectivity index (χ2n) is 7.36. The van der Waals surface area contributed by atoms with Gasteiger partial charge in [0.2, 0.25) is 0 Å². The number of hydrogen-bond acceptors (Lipinski definition) is 4. The highest BCUT2D eigenvalue weighted by molar-refractivity contribution is 5.69. The van der Waals surface area contributed by atoms with Gasteiger partial charge in [-0.15, -0.1) is 0 Å². The van der Waals surface area contributed by atoms with Crippen molar-refractivity contribution in [1.82, 2.24) is 15.6 Å². The van der Waals surface area contributed by atoms with E-state index >= 15 is 0 Å². The van der Waals surface area contributed by atoms with Gasteiger partial charge in [0.05, 0.1) is 11.9 Å². The molecule has 1 saturated heterocycles. The Morgan fingerprint density at radius 1 is 1.07 bits per heavy atom. The maximum Gasteiger partial charge on any atom is 0.0635 e. The van der Waals surface area contributed by atoms with Crippen LogP contribution in [0.25, 0.3) is 6.08 Å². The molecular weight excluding hydrogens is 332 g/mol. The van der Waals surface area contributed by atoms with Crippen molar-refractivity contribution in [1.29, 1.82) is 0 Å². The summed E-state index contributed by atoms with van der Waals surface area (Å²) in [6.45, 7) is 6.04. The Morgan fingerprint density at radius 3 is 2.33 bits per heavy atom. The van der Waals surface area contributed by atoms with E-state index in [1.165, 1.54) is 42.6 Å². The van der Waals surface area contributed by atoms with Crippen molar-refractivity contribution >= 4 is 17.5 Å². The van der Waals surface area contributed by atoms with E-state index in [9.17, 15) is 0 Å². The smallest absolute Gasteiger partial charge is 0.0635 e. The van der Waals surface area contributed by atoms with Crippen LogP contribution in [0.4, 0.5) is 11.4 Å². The van der Waals surface area contributed by atoms with E-state index < -0.39 is 0 Å². The summed E-state index contributed by atoms with van der Waals surface area (Å²) in [6, 6.07) is 11.5. The molecule has 2 N–H and O–H groups in total. The molecule has 0 radical (unpaired) electrons. The SMILES string of the molecule is C=Cc1ccc(N(c2cnccc2C2CC2)C2CCNCC2)cc1.CNC. The zero-order valence-corrected chi connectivity index (χ0v) is 16.6. The number of hydrogen-bond donors (Lipinski definition) is 2. The maximum absolute atomic E-state index is 4.46. The Labute approximate surface area is 163 Å². The normalized spacial score (nSPS) is 17.0. The topological polar surface area (TPSA) is 40.2 Å². The van der Waals surface area contributed by atoms with Crippen LogP contribution in [0.2, 0.25) is 0 Å². The van der Waals surface area contributed by atoms with Crippen LogP contribution in [-0.2, 0) is 0 Å². The van der Waals surface area contributed by atoms with Gasteiger partial charge in [-0.05, 0) is 88.1 Å².